The number of aromatic nitrogens is 2. The molecule has 1 saturated carbocycles. The Kier molecular flexibility index (Phi) is 3.76. The maximum atomic E-state index is 9.26. The van der Waals surface area contributed by atoms with Crippen molar-refractivity contribution in [2.75, 3.05) is 6.61 Å². The molecule has 1 aromatic rings. The zero-order chi connectivity index (χ0) is 12.5. The third-order valence-corrected chi connectivity index (χ3v) is 3.92. The van der Waals surface area contributed by atoms with E-state index >= 15 is 0 Å². The van der Waals surface area contributed by atoms with Gasteiger partial charge in [0.05, 0.1) is 23.0 Å². The molecule has 0 bridgehead atoms. The van der Waals surface area contributed by atoms with Gasteiger partial charge in [0.1, 0.15) is 0 Å². The monoisotopic (exact) mass is 257 g/mol. The number of aliphatic hydroxyl groups is 1. The lowest BCUT2D eigenvalue weighted by Gasteiger charge is -2.14. The molecule has 0 atom stereocenters. The normalized spacial score (nSPS) is 17.4. The van der Waals surface area contributed by atoms with Gasteiger partial charge in [0, 0.05) is 18.6 Å². The van der Waals surface area contributed by atoms with E-state index in [1.807, 2.05) is 4.68 Å². The number of halogens is 1. The Morgan fingerprint density at radius 2 is 2.18 bits per heavy atom. The molecule has 0 aromatic carbocycles. The van der Waals surface area contributed by atoms with E-state index in [1.54, 1.807) is 0 Å². The van der Waals surface area contributed by atoms with Crippen molar-refractivity contribution < 1.29 is 5.11 Å². The van der Waals surface area contributed by atoms with E-state index in [0.29, 0.717) is 6.54 Å². The van der Waals surface area contributed by atoms with Crippen molar-refractivity contribution in [1.82, 2.24) is 15.1 Å². The molecule has 0 spiro atoms. The van der Waals surface area contributed by atoms with Gasteiger partial charge in [0.25, 0.3) is 0 Å². The van der Waals surface area contributed by atoms with Crippen LogP contribution in [-0.4, -0.2) is 27.0 Å². The van der Waals surface area contributed by atoms with Gasteiger partial charge in [-0.2, -0.15) is 5.10 Å². The molecule has 0 aliphatic heterocycles. The molecule has 5 heteroatoms. The number of hydrogen-bond donors (Lipinski definition) is 2. The summed E-state index contributed by atoms with van der Waals surface area (Å²) in [6, 6.07) is 0. The molecule has 0 saturated heterocycles. The summed E-state index contributed by atoms with van der Waals surface area (Å²) >= 11 is 6.32. The zero-order valence-corrected chi connectivity index (χ0v) is 11.2. The highest BCUT2D eigenvalue weighted by Gasteiger charge is 2.41. The first-order valence-electron chi connectivity index (χ1n) is 6.25. The van der Waals surface area contributed by atoms with Crippen LogP contribution >= 0.6 is 11.6 Å². The maximum Gasteiger partial charge on any atom is 0.0863 e. The molecule has 0 unspecified atom stereocenters. The number of aliphatic hydroxyl groups excluding tert-OH is 1. The lowest BCUT2D eigenvalue weighted by atomic mass is 10.2. The summed E-state index contributed by atoms with van der Waals surface area (Å²) in [5, 5.41) is 17.9. The number of rotatable bonds is 6. The number of nitrogens with zero attached hydrogens (tertiary/aromatic N) is 2. The van der Waals surface area contributed by atoms with Gasteiger partial charge in [-0.25, -0.2) is 0 Å². The number of aryl methyl sites for hydroxylation is 2. The molecule has 1 fully saturated rings. The van der Waals surface area contributed by atoms with Crippen LogP contribution in [0.15, 0.2) is 0 Å². The zero-order valence-electron chi connectivity index (χ0n) is 10.5. The van der Waals surface area contributed by atoms with E-state index in [4.69, 9.17) is 11.6 Å². The van der Waals surface area contributed by atoms with Crippen LogP contribution in [0.4, 0.5) is 0 Å². The molecular formula is C12H20ClN3O. The van der Waals surface area contributed by atoms with Crippen molar-refractivity contribution in [3.63, 3.8) is 0 Å². The van der Waals surface area contributed by atoms with Gasteiger partial charge >= 0.3 is 0 Å². The van der Waals surface area contributed by atoms with Crippen molar-refractivity contribution in [2.45, 2.75) is 51.7 Å². The van der Waals surface area contributed by atoms with Crippen molar-refractivity contribution in [3.8, 4) is 0 Å². The largest absolute Gasteiger partial charge is 0.394 e. The van der Waals surface area contributed by atoms with Crippen LogP contribution in [0.1, 0.15) is 38.1 Å². The molecule has 1 aliphatic carbocycles. The van der Waals surface area contributed by atoms with E-state index in [0.717, 1.165) is 42.2 Å². The second-order valence-electron chi connectivity index (χ2n) is 4.67. The fourth-order valence-corrected chi connectivity index (χ4v) is 2.33. The number of hydrogen-bond acceptors (Lipinski definition) is 3. The first kappa shape index (κ1) is 12.9. The highest BCUT2D eigenvalue weighted by atomic mass is 35.5. The molecule has 1 aliphatic rings. The standard InChI is InChI=1S/C12H20ClN3O/c1-3-9-11(13)10(16(4-2)15-9)7-14-12(8-17)5-6-12/h14,17H,3-8H2,1-2H3. The van der Waals surface area contributed by atoms with Gasteiger partial charge in [-0.05, 0) is 26.2 Å². The van der Waals surface area contributed by atoms with Crippen LogP contribution in [0.3, 0.4) is 0 Å². The van der Waals surface area contributed by atoms with Gasteiger partial charge in [0.15, 0.2) is 0 Å². The highest BCUT2D eigenvalue weighted by molar-refractivity contribution is 6.31. The van der Waals surface area contributed by atoms with E-state index < -0.39 is 0 Å². The topological polar surface area (TPSA) is 50.1 Å². The van der Waals surface area contributed by atoms with Crippen molar-refractivity contribution >= 4 is 11.6 Å². The molecule has 96 valence electrons. The molecule has 2 N–H and O–H groups in total. The SMILES string of the molecule is CCc1nn(CC)c(CNC2(CO)CC2)c1Cl. The molecule has 1 aromatic heterocycles. The predicted octanol–water partition coefficient (Wildman–Crippen LogP) is 1.73. The van der Waals surface area contributed by atoms with Gasteiger partial charge in [-0.3, -0.25) is 4.68 Å². The Labute approximate surface area is 107 Å². The van der Waals surface area contributed by atoms with Crippen molar-refractivity contribution in [2.24, 2.45) is 0 Å². The maximum absolute atomic E-state index is 9.26. The molecule has 4 nitrogen and oxygen atoms in total. The summed E-state index contributed by atoms with van der Waals surface area (Å²) in [5.74, 6) is 0. The molecule has 1 heterocycles. The van der Waals surface area contributed by atoms with Crippen LogP contribution in [0.2, 0.25) is 5.02 Å². The first-order chi connectivity index (χ1) is 8.15. The minimum atomic E-state index is -0.0570. The minimum absolute atomic E-state index is 0.0570. The number of nitrogens with one attached hydrogen (secondary N) is 1. The Morgan fingerprint density at radius 1 is 1.47 bits per heavy atom. The van der Waals surface area contributed by atoms with Gasteiger partial charge < -0.3 is 10.4 Å². The van der Waals surface area contributed by atoms with E-state index in [1.165, 1.54) is 0 Å². The van der Waals surface area contributed by atoms with Crippen molar-refractivity contribution in [3.05, 3.63) is 16.4 Å². The van der Waals surface area contributed by atoms with E-state index in [2.05, 4.69) is 24.3 Å². The minimum Gasteiger partial charge on any atom is -0.394 e. The predicted molar refractivity (Wildman–Crippen MR) is 68.2 cm³/mol. The summed E-state index contributed by atoms with van der Waals surface area (Å²) in [7, 11) is 0. The lowest BCUT2D eigenvalue weighted by Crippen LogP contribution is -2.34. The van der Waals surface area contributed by atoms with E-state index in [9.17, 15) is 5.11 Å². The van der Waals surface area contributed by atoms with E-state index in [-0.39, 0.29) is 12.1 Å². The molecular weight excluding hydrogens is 238 g/mol. The average molecular weight is 258 g/mol. The Bertz CT molecular complexity index is 399. The van der Waals surface area contributed by atoms with Crippen LogP contribution in [0.5, 0.6) is 0 Å². The Morgan fingerprint density at radius 3 is 2.65 bits per heavy atom. The van der Waals surface area contributed by atoms with Crippen LogP contribution in [-0.2, 0) is 19.5 Å². The third kappa shape index (κ3) is 2.49. The summed E-state index contributed by atoms with van der Waals surface area (Å²) < 4.78 is 1.95. The fraction of sp³-hybridized carbons (Fsp3) is 0.750. The van der Waals surface area contributed by atoms with Crippen LogP contribution in [0, 0.1) is 0 Å². The summed E-state index contributed by atoms with van der Waals surface area (Å²) in [6.45, 7) is 5.82. The summed E-state index contributed by atoms with van der Waals surface area (Å²) in [6.07, 6.45) is 2.94. The highest BCUT2D eigenvalue weighted by Crippen LogP contribution is 2.35. The summed E-state index contributed by atoms with van der Waals surface area (Å²) in [4.78, 5) is 0. The Balaban J connectivity index is 2.11. The van der Waals surface area contributed by atoms with Gasteiger partial charge in [-0.1, -0.05) is 18.5 Å². The van der Waals surface area contributed by atoms with Crippen LogP contribution in [0.25, 0.3) is 0 Å². The fourth-order valence-electron chi connectivity index (χ4n) is 2.00. The second kappa shape index (κ2) is 4.96. The molecule has 0 radical (unpaired) electrons. The van der Waals surface area contributed by atoms with Crippen molar-refractivity contribution in [1.29, 1.82) is 0 Å². The smallest absolute Gasteiger partial charge is 0.0863 e. The Hall–Kier alpha value is -0.580. The summed E-state index contributed by atoms with van der Waals surface area (Å²) in [5.41, 5.74) is 1.93. The lowest BCUT2D eigenvalue weighted by molar-refractivity contribution is 0.228. The first-order valence-corrected chi connectivity index (χ1v) is 6.63. The molecule has 17 heavy (non-hydrogen) atoms. The van der Waals surface area contributed by atoms with Crippen LogP contribution < -0.4 is 5.32 Å². The van der Waals surface area contributed by atoms with Gasteiger partial charge in [-0.15, -0.1) is 0 Å². The third-order valence-electron chi connectivity index (χ3n) is 3.48. The second-order valence-corrected chi connectivity index (χ2v) is 5.05. The average Bonchev–Trinajstić information content (AvgIpc) is 3.07. The molecule has 2 rings (SSSR count). The molecule has 0 amide bonds. The quantitative estimate of drug-likeness (QED) is 0.816. The van der Waals surface area contributed by atoms with Gasteiger partial charge in [0.2, 0.25) is 0 Å².